The molecule has 4 aromatic rings. The van der Waals surface area contributed by atoms with Gasteiger partial charge < -0.3 is 19.5 Å². The van der Waals surface area contributed by atoms with Crippen molar-refractivity contribution < 1.29 is 28.1 Å². The second kappa shape index (κ2) is 8.07. The van der Waals surface area contributed by atoms with Gasteiger partial charge in [-0.2, -0.15) is 8.78 Å². The lowest BCUT2D eigenvalue weighted by atomic mass is 10.0. The van der Waals surface area contributed by atoms with E-state index < -0.39 is 30.2 Å². The number of aliphatic hydroxyl groups is 2. The molecule has 1 aliphatic heterocycles. The lowest BCUT2D eigenvalue weighted by molar-refractivity contribution is -0.0507. The fourth-order valence-electron chi connectivity index (χ4n) is 4.37. The van der Waals surface area contributed by atoms with Gasteiger partial charge in [-0.3, -0.25) is 0 Å². The van der Waals surface area contributed by atoms with Crippen molar-refractivity contribution >= 4 is 11.0 Å². The molecule has 0 bridgehead atoms. The number of nitrogens with zero attached hydrogens (tertiary/aromatic N) is 4. The van der Waals surface area contributed by atoms with Crippen LogP contribution in [0.5, 0.6) is 5.75 Å². The van der Waals surface area contributed by atoms with Gasteiger partial charge in [0.1, 0.15) is 28.8 Å². The van der Waals surface area contributed by atoms with Crippen molar-refractivity contribution in [3.05, 3.63) is 71.8 Å². The lowest BCUT2D eigenvalue weighted by Crippen LogP contribution is -2.19. The number of para-hydroxylation sites is 1. The van der Waals surface area contributed by atoms with Gasteiger partial charge in [0, 0.05) is 35.5 Å². The molecule has 2 N–H and O–H groups in total. The molecule has 2 atom stereocenters. The Morgan fingerprint density at radius 3 is 2.50 bits per heavy atom. The minimum absolute atomic E-state index is 0.0448. The second-order valence-electron chi connectivity index (χ2n) is 8.67. The van der Waals surface area contributed by atoms with E-state index in [1.807, 2.05) is 0 Å². The van der Waals surface area contributed by atoms with Crippen LogP contribution in [0.3, 0.4) is 0 Å². The lowest BCUT2D eigenvalue weighted by Gasteiger charge is -2.19. The van der Waals surface area contributed by atoms with Gasteiger partial charge in [-0.05, 0) is 32.0 Å². The van der Waals surface area contributed by atoms with Crippen LogP contribution in [0.4, 0.5) is 13.2 Å². The molecule has 2 aromatic heterocycles. The van der Waals surface area contributed by atoms with E-state index in [1.165, 1.54) is 24.5 Å². The zero-order chi connectivity index (χ0) is 24.2. The van der Waals surface area contributed by atoms with Gasteiger partial charge in [-0.25, -0.2) is 19.3 Å². The van der Waals surface area contributed by atoms with Crippen molar-refractivity contribution in [2.45, 2.75) is 44.6 Å². The summed E-state index contributed by atoms with van der Waals surface area (Å²) < 4.78 is 48.1. The molecule has 2 aromatic carbocycles. The number of hydrogen-bond donors (Lipinski definition) is 2. The number of ether oxygens (including phenoxy) is 1. The number of aromatic nitrogens is 4. The summed E-state index contributed by atoms with van der Waals surface area (Å²) in [5.74, 6) is -0.211. The Balaban J connectivity index is 1.65. The third-order valence-corrected chi connectivity index (χ3v) is 5.88. The Hall–Kier alpha value is -3.50. The quantitative estimate of drug-likeness (QED) is 0.447. The first-order chi connectivity index (χ1) is 16.1. The van der Waals surface area contributed by atoms with E-state index >= 15 is 4.39 Å². The highest BCUT2D eigenvalue weighted by Crippen LogP contribution is 2.45. The highest BCUT2D eigenvalue weighted by molar-refractivity contribution is 5.84. The number of aliphatic hydroxyl groups excluding tert-OH is 1. The largest absolute Gasteiger partial charge is 0.434 e. The molecule has 0 spiro atoms. The van der Waals surface area contributed by atoms with E-state index in [2.05, 4.69) is 19.7 Å². The zero-order valence-electron chi connectivity index (χ0n) is 18.3. The van der Waals surface area contributed by atoms with Crippen LogP contribution in [0.2, 0.25) is 0 Å². The van der Waals surface area contributed by atoms with Gasteiger partial charge >= 0.3 is 6.61 Å². The normalized spacial score (nSPS) is 18.0. The minimum Gasteiger partial charge on any atom is -0.434 e. The molecule has 0 aliphatic carbocycles. The molecule has 0 amide bonds. The summed E-state index contributed by atoms with van der Waals surface area (Å²) in [6.07, 6.45) is 1.97. The molecule has 10 heteroatoms. The first-order valence-corrected chi connectivity index (χ1v) is 10.6. The van der Waals surface area contributed by atoms with Gasteiger partial charge in [0.2, 0.25) is 0 Å². The van der Waals surface area contributed by atoms with E-state index in [4.69, 9.17) is 0 Å². The monoisotopic (exact) mass is 470 g/mol. The van der Waals surface area contributed by atoms with Crippen molar-refractivity contribution in [1.82, 2.24) is 19.5 Å². The number of halogens is 3. The fourth-order valence-corrected chi connectivity index (χ4v) is 4.37. The second-order valence-corrected chi connectivity index (χ2v) is 8.67. The van der Waals surface area contributed by atoms with Gasteiger partial charge in [0.25, 0.3) is 0 Å². The van der Waals surface area contributed by atoms with Gasteiger partial charge in [-0.15, -0.1) is 0 Å². The zero-order valence-corrected chi connectivity index (χ0v) is 18.3. The van der Waals surface area contributed by atoms with E-state index in [-0.39, 0.29) is 34.9 Å². The summed E-state index contributed by atoms with van der Waals surface area (Å²) >= 11 is 0. The Morgan fingerprint density at radius 2 is 1.82 bits per heavy atom. The summed E-state index contributed by atoms with van der Waals surface area (Å²) in [5, 5.41) is 20.7. The number of fused-ring (bicyclic) bond motifs is 3. The summed E-state index contributed by atoms with van der Waals surface area (Å²) in [6.45, 7) is 0.0676. The Kier molecular flexibility index (Phi) is 5.29. The summed E-state index contributed by atoms with van der Waals surface area (Å²) in [7, 11) is 0. The van der Waals surface area contributed by atoms with Crippen molar-refractivity contribution in [3.63, 3.8) is 0 Å². The van der Waals surface area contributed by atoms with Crippen molar-refractivity contribution in [3.8, 4) is 16.9 Å². The van der Waals surface area contributed by atoms with Crippen LogP contribution < -0.4 is 4.74 Å². The van der Waals surface area contributed by atoms with Crippen LogP contribution in [0.25, 0.3) is 22.2 Å². The number of hydrogen-bond acceptors (Lipinski definition) is 6. The van der Waals surface area contributed by atoms with Crippen LogP contribution in [-0.4, -0.2) is 36.3 Å². The molecular weight excluding hydrogens is 449 g/mol. The van der Waals surface area contributed by atoms with Crippen molar-refractivity contribution in [1.29, 1.82) is 0 Å². The smallest absolute Gasteiger partial charge is 0.387 e. The molecule has 34 heavy (non-hydrogen) atoms. The van der Waals surface area contributed by atoms with E-state index in [0.29, 0.717) is 16.6 Å². The highest BCUT2D eigenvalue weighted by atomic mass is 19.3. The maximum Gasteiger partial charge on any atom is 0.387 e. The van der Waals surface area contributed by atoms with Crippen molar-refractivity contribution in [2.75, 3.05) is 0 Å². The highest BCUT2D eigenvalue weighted by Gasteiger charge is 2.37. The Morgan fingerprint density at radius 1 is 1.12 bits per heavy atom. The van der Waals surface area contributed by atoms with E-state index in [9.17, 15) is 19.0 Å². The molecule has 0 saturated heterocycles. The number of benzene rings is 2. The first kappa shape index (κ1) is 22.3. The Labute approximate surface area is 192 Å². The minimum atomic E-state index is -3.03. The molecule has 1 unspecified atom stereocenters. The number of rotatable bonds is 5. The molecule has 0 saturated carbocycles. The Bertz CT molecular complexity index is 1370. The molecule has 3 heterocycles. The van der Waals surface area contributed by atoms with Crippen LogP contribution in [0.1, 0.15) is 49.6 Å². The SMILES string of the molecule is CC(C)(O)c1ncc(-c2ccc3nc4n(c3c2F)[C@H](c2ccccc2OC(F)F)CC4O)cn1. The van der Waals surface area contributed by atoms with Crippen LogP contribution in [0, 0.1) is 5.82 Å². The third-order valence-electron chi connectivity index (χ3n) is 5.88. The predicted molar refractivity (Wildman–Crippen MR) is 117 cm³/mol. The molecular formula is C24H21F3N4O3. The van der Waals surface area contributed by atoms with Gasteiger partial charge in [-0.1, -0.05) is 18.2 Å². The molecule has 5 rings (SSSR count). The number of imidazole rings is 1. The number of alkyl halides is 2. The topological polar surface area (TPSA) is 93.3 Å². The molecule has 0 radical (unpaired) electrons. The first-order valence-electron chi connectivity index (χ1n) is 10.6. The van der Waals surface area contributed by atoms with Crippen LogP contribution in [0.15, 0.2) is 48.8 Å². The third kappa shape index (κ3) is 3.68. The average molecular weight is 470 g/mol. The summed E-state index contributed by atoms with van der Waals surface area (Å²) in [4.78, 5) is 12.7. The van der Waals surface area contributed by atoms with Gasteiger partial charge in [0.15, 0.2) is 11.6 Å². The maximum atomic E-state index is 15.9. The maximum absolute atomic E-state index is 15.9. The van der Waals surface area contributed by atoms with Gasteiger partial charge in [0.05, 0.1) is 11.6 Å². The average Bonchev–Trinajstić information content (AvgIpc) is 3.31. The fraction of sp³-hybridized carbons (Fsp3) is 0.292. The molecule has 176 valence electrons. The molecule has 1 aliphatic rings. The summed E-state index contributed by atoms with van der Waals surface area (Å²) in [5.41, 5.74) is 0.190. The standard InChI is InChI=1S/C24H21F3N4O3/c1-24(2,33)22-28-10-12(11-29-22)13-7-8-15-20(19(13)25)31-16(9-17(32)21(31)30-15)14-5-3-4-6-18(14)34-23(26)27/h3-8,10-11,16-17,23,32-33H,9H2,1-2H3/t16-,17?/m0/s1. The van der Waals surface area contributed by atoms with Crippen molar-refractivity contribution in [2.24, 2.45) is 0 Å². The van der Waals surface area contributed by atoms with E-state index in [0.717, 1.165) is 0 Å². The molecule has 7 nitrogen and oxygen atoms in total. The molecule has 0 fully saturated rings. The van der Waals surface area contributed by atoms with Crippen LogP contribution >= 0.6 is 0 Å². The predicted octanol–water partition coefficient (Wildman–Crippen LogP) is 4.49. The van der Waals surface area contributed by atoms with E-state index in [1.54, 1.807) is 42.7 Å². The summed E-state index contributed by atoms with van der Waals surface area (Å²) in [6, 6.07) is 8.75. The van der Waals surface area contributed by atoms with Crippen LogP contribution in [-0.2, 0) is 5.60 Å².